The number of hydrogen-bond acceptors (Lipinski definition) is 3. The molecule has 0 amide bonds. The van der Waals surface area contributed by atoms with E-state index >= 15 is 0 Å². The molecule has 2 aromatic rings. The van der Waals surface area contributed by atoms with Gasteiger partial charge in [-0.05, 0) is 42.4 Å². The number of unbranched alkanes of at least 4 members (excludes halogenated alkanes) is 5. The molecule has 4 heteroatoms. The molecule has 2 aromatic carbocycles. The molecular weight excluding hydrogens is 331 g/mol. The average molecular weight is 360 g/mol. The Kier molecular flexibility index (Phi) is 9.70. The van der Waals surface area contributed by atoms with E-state index in [4.69, 9.17) is 9.47 Å². The normalized spacial score (nSPS) is 17.8. The van der Waals surface area contributed by atoms with Gasteiger partial charge in [0.25, 0.3) is 6.47 Å². The van der Waals surface area contributed by atoms with Crippen molar-refractivity contribution >= 4 is 6.47 Å². The van der Waals surface area contributed by atoms with Crippen molar-refractivity contribution in [3.05, 3.63) is 71.3 Å². The maximum Gasteiger partial charge on any atom is 1.00 e. The minimum atomic E-state index is -0.390. The van der Waals surface area contributed by atoms with Gasteiger partial charge in [0, 0.05) is 0 Å². The third-order valence-corrected chi connectivity index (χ3v) is 5.01. The molecule has 0 spiro atoms. The predicted molar refractivity (Wildman–Crippen MR) is 104 cm³/mol. The van der Waals surface area contributed by atoms with Gasteiger partial charge >= 0.3 is 18.9 Å². The summed E-state index contributed by atoms with van der Waals surface area (Å²) < 4.78 is 10.3. The second-order valence-corrected chi connectivity index (χ2v) is 6.96. The van der Waals surface area contributed by atoms with Crippen molar-refractivity contribution in [3.8, 4) is 0 Å². The molecule has 0 aromatic heterocycles. The molecule has 0 N–H and O–H groups in total. The third kappa shape index (κ3) is 7.18. The van der Waals surface area contributed by atoms with E-state index in [2.05, 4.69) is 48.5 Å². The Morgan fingerprint density at radius 1 is 0.852 bits per heavy atom. The number of rotatable bonds is 12. The second-order valence-electron chi connectivity index (χ2n) is 6.96. The van der Waals surface area contributed by atoms with Gasteiger partial charge in [-0.1, -0.05) is 80.3 Å². The van der Waals surface area contributed by atoms with Crippen molar-refractivity contribution in [3.63, 3.8) is 0 Å². The predicted octanol–water partition coefficient (Wildman–Crippen LogP) is 2.50. The second kappa shape index (κ2) is 12.0. The molecule has 0 aliphatic carbocycles. The van der Waals surface area contributed by atoms with Crippen molar-refractivity contribution in [2.24, 2.45) is 0 Å². The van der Waals surface area contributed by atoms with E-state index in [1.54, 1.807) is 0 Å². The van der Waals surface area contributed by atoms with Gasteiger partial charge in [-0.2, -0.15) is 0 Å². The van der Waals surface area contributed by atoms with Crippen LogP contribution in [0.15, 0.2) is 54.6 Å². The fraction of sp³-hybridized carbons (Fsp3) is 0.435. The molecule has 1 heterocycles. The van der Waals surface area contributed by atoms with Crippen molar-refractivity contribution in [2.45, 2.75) is 63.8 Å². The summed E-state index contributed by atoms with van der Waals surface area (Å²) in [6, 6.07) is 19.1. The van der Waals surface area contributed by atoms with Crippen LogP contribution in [0.2, 0.25) is 0 Å². The first-order valence-corrected chi connectivity index (χ1v) is 9.75. The fourth-order valence-electron chi connectivity index (χ4n) is 3.51. The minimum absolute atomic E-state index is 0. The monoisotopic (exact) mass is 360 g/mol. The zero-order chi connectivity index (χ0) is 18.0. The molecule has 1 fully saturated rings. The van der Waals surface area contributed by atoms with Gasteiger partial charge in [-0.25, -0.2) is 0 Å². The van der Waals surface area contributed by atoms with Gasteiger partial charge in [0.05, 0.1) is 0 Å². The molecule has 140 valence electrons. The number of ether oxygens (including phenoxy) is 2. The molecule has 3 rings (SSSR count). The summed E-state index contributed by atoms with van der Waals surface area (Å²) in [6.07, 6.45) is 9.46. The first-order valence-electron chi connectivity index (χ1n) is 9.75. The summed E-state index contributed by atoms with van der Waals surface area (Å²) in [5.41, 5.74) is 3.93. The zero-order valence-electron chi connectivity index (χ0n) is 17.3. The van der Waals surface area contributed by atoms with Crippen LogP contribution in [0.5, 0.6) is 0 Å². The first-order chi connectivity index (χ1) is 12.9. The maximum atomic E-state index is 10.4. The van der Waals surface area contributed by atoms with E-state index in [1.165, 1.54) is 61.6 Å². The van der Waals surface area contributed by atoms with E-state index in [0.717, 1.165) is 6.42 Å². The van der Waals surface area contributed by atoms with E-state index in [-0.39, 0.29) is 26.4 Å². The number of carbonyl (C=O) groups excluding carboxylic acids is 1. The van der Waals surface area contributed by atoms with E-state index in [0.29, 0.717) is 6.47 Å². The van der Waals surface area contributed by atoms with Gasteiger partial charge in [0.1, 0.15) is 6.10 Å². The Bertz CT molecular complexity index is 681. The summed E-state index contributed by atoms with van der Waals surface area (Å²) in [5, 5.41) is 0. The molecule has 1 saturated heterocycles. The SMILES string of the molecule is O=CO[C@H]1OC1c1ccccc1CCCCCCCCc1ccccc1.[H-].[Li+]. The van der Waals surface area contributed by atoms with Crippen molar-refractivity contribution < 1.29 is 34.6 Å². The van der Waals surface area contributed by atoms with Crippen LogP contribution in [0, 0.1) is 0 Å². The number of epoxide rings is 1. The standard InChI is InChI=1S/C23H28O3.Li.H/c24-18-25-23-22(26-23)21-17-11-10-16-20(21)15-9-4-2-1-3-6-12-19-13-7-5-8-14-19;;/h5,7-8,10-11,13-14,16-18,22-23H,1-4,6,9,12,15H2;;/q;+1;-1/t22?,23-;;/m0../s1. The molecule has 0 bridgehead atoms. The summed E-state index contributed by atoms with van der Waals surface area (Å²) in [6.45, 7) is 0.463. The third-order valence-electron chi connectivity index (χ3n) is 5.01. The van der Waals surface area contributed by atoms with Crippen molar-refractivity contribution in [1.29, 1.82) is 0 Å². The number of carbonyl (C=O) groups is 1. The van der Waals surface area contributed by atoms with Crippen LogP contribution in [0.25, 0.3) is 0 Å². The van der Waals surface area contributed by atoms with Crippen molar-refractivity contribution in [1.82, 2.24) is 0 Å². The molecule has 0 radical (unpaired) electrons. The van der Waals surface area contributed by atoms with Crippen LogP contribution in [-0.4, -0.2) is 12.8 Å². The molecular formula is C23H29LiO3. The van der Waals surface area contributed by atoms with Crippen LogP contribution in [0.4, 0.5) is 0 Å². The Balaban J connectivity index is 0.00000196. The van der Waals surface area contributed by atoms with Crippen LogP contribution in [0.3, 0.4) is 0 Å². The van der Waals surface area contributed by atoms with Gasteiger partial charge in [-0.15, -0.1) is 0 Å². The summed E-state index contributed by atoms with van der Waals surface area (Å²) in [4.78, 5) is 10.4. The van der Waals surface area contributed by atoms with Crippen molar-refractivity contribution in [2.75, 3.05) is 0 Å². The Hall–Kier alpha value is -1.53. The van der Waals surface area contributed by atoms with Crippen LogP contribution < -0.4 is 18.9 Å². The zero-order valence-corrected chi connectivity index (χ0v) is 16.3. The smallest absolute Gasteiger partial charge is 1.00 e. The maximum absolute atomic E-state index is 10.4. The van der Waals surface area contributed by atoms with E-state index < -0.39 is 6.29 Å². The molecule has 2 atom stereocenters. The van der Waals surface area contributed by atoms with E-state index in [9.17, 15) is 4.79 Å². The van der Waals surface area contributed by atoms with Crippen LogP contribution >= 0.6 is 0 Å². The quantitative estimate of drug-likeness (QED) is 0.253. The molecule has 1 unspecified atom stereocenters. The molecule has 1 aliphatic rings. The molecule has 3 nitrogen and oxygen atoms in total. The number of hydrogen-bond donors (Lipinski definition) is 0. The minimum Gasteiger partial charge on any atom is -1.00 e. The Labute approximate surface area is 176 Å². The first kappa shape index (κ1) is 21.8. The van der Waals surface area contributed by atoms with Crippen LogP contribution in [-0.2, 0) is 27.1 Å². The summed E-state index contributed by atoms with van der Waals surface area (Å²) >= 11 is 0. The Morgan fingerprint density at radius 2 is 1.48 bits per heavy atom. The number of aryl methyl sites for hydroxylation is 2. The Morgan fingerprint density at radius 3 is 2.22 bits per heavy atom. The molecule has 27 heavy (non-hydrogen) atoms. The largest absolute Gasteiger partial charge is 1.00 e. The van der Waals surface area contributed by atoms with Gasteiger partial charge < -0.3 is 10.9 Å². The fourth-order valence-corrected chi connectivity index (χ4v) is 3.51. The van der Waals surface area contributed by atoms with E-state index in [1.807, 2.05) is 6.07 Å². The summed E-state index contributed by atoms with van der Waals surface area (Å²) in [7, 11) is 0. The molecule has 0 saturated carbocycles. The molecule has 1 aliphatic heterocycles. The van der Waals surface area contributed by atoms with Gasteiger partial charge in [0.15, 0.2) is 0 Å². The average Bonchev–Trinajstić information content (AvgIpc) is 3.44. The van der Waals surface area contributed by atoms with Crippen LogP contribution in [0.1, 0.15) is 62.7 Å². The topological polar surface area (TPSA) is 38.8 Å². The van der Waals surface area contributed by atoms with Gasteiger partial charge in [0.2, 0.25) is 6.29 Å². The number of benzene rings is 2. The van der Waals surface area contributed by atoms with Gasteiger partial charge in [-0.3, -0.25) is 4.79 Å². The summed E-state index contributed by atoms with van der Waals surface area (Å²) in [5.74, 6) is 0.